The predicted molar refractivity (Wildman–Crippen MR) is 54.7 cm³/mol. The fourth-order valence-corrected chi connectivity index (χ4v) is 0.642. The van der Waals surface area contributed by atoms with Gasteiger partial charge in [0.05, 0.1) is 13.0 Å². The van der Waals surface area contributed by atoms with Gasteiger partial charge in [0.15, 0.2) is 0 Å². The highest BCUT2D eigenvalue weighted by molar-refractivity contribution is 6.03. The summed E-state index contributed by atoms with van der Waals surface area (Å²) in [6.07, 6.45) is -0.567. The lowest BCUT2D eigenvalue weighted by molar-refractivity contribution is 0.163. The Bertz CT molecular complexity index is 248. The summed E-state index contributed by atoms with van der Waals surface area (Å²) < 4.78 is 4.56. The SMILES string of the molecule is CCOC(=O)N=C(N)CC(=N)N(C)C. The summed E-state index contributed by atoms with van der Waals surface area (Å²) in [4.78, 5) is 15.9. The van der Waals surface area contributed by atoms with Crippen molar-refractivity contribution in [3.8, 4) is 0 Å². The Balaban J connectivity index is 4.13. The maximum Gasteiger partial charge on any atom is 0.435 e. The van der Waals surface area contributed by atoms with Crippen molar-refractivity contribution in [2.24, 2.45) is 10.7 Å². The van der Waals surface area contributed by atoms with E-state index in [0.29, 0.717) is 0 Å². The van der Waals surface area contributed by atoms with Crippen molar-refractivity contribution in [3.63, 3.8) is 0 Å². The average molecular weight is 200 g/mol. The first kappa shape index (κ1) is 12.4. The van der Waals surface area contributed by atoms with Crippen LogP contribution in [0.15, 0.2) is 4.99 Å². The Kier molecular flexibility index (Phi) is 5.28. The number of nitrogens with two attached hydrogens (primary N) is 1. The first-order valence-electron chi connectivity index (χ1n) is 4.22. The van der Waals surface area contributed by atoms with Gasteiger partial charge in [0, 0.05) is 14.1 Å². The Morgan fingerprint density at radius 2 is 2.14 bits per heavy atom. The van der Waals surface area contributed by atoms with Crippen LogP contribution in [0.5, 0.6) is 0 Å². The van der Waals surface area contributed by atoms with Crippen molar-refractivity contribution in [1.82, 2.24) is 4.90 Å². The summed E-state index contributed by atoms with van der Waals surface area (Å²) in [7, 11) is 3.44. The van der Waals surface area contributed by atoms with Crippen LogP contribution in [-0.2, 0) is 4.74 Å². The third-order valence-electron chi connectivity index (χ3n) is 1.39. The van der Waals surface area contributed by atoms with Crippen molar-refractivity contribution in [2.75, 3.05) is 20.7 Å². The second-order valence-corrected chi connectivity index (χ2v) is 2.82. The highest BCUT2D eigenvalue weighted by Gasteiger charge is 2.05. The summed E-state index contributed by atoms with van der Waals surface area (Å²) in [6.45, 7) is 1.95. The van der Waals surface area contributed by atoms with E-state index in [-0.39, 0.29) is 24.7 Å². The molecule has 0 bridgehead atoms. The Morgan fingerprint density at radius 1 is 1.57 bits per heavy atom. The molecule has 1 amide bonds. The molecule has 3 N–H and O–H groups in total. The van der Waals surface area contributed by atoms with Crippen LogP contribution in [0.3, 0.4) is 0 Å². The van der Waals surface area contributed by atoms with Gasteiger partial charge in [-0.1, -0.05) is 0 Å². The van der Waals surface area contributed by atoms with E-state index in [1.54, 1.807) is 25.9 Å². The standard InChI is InChI=1S/C8H16N4O2/c1-4-14-8(13)11-6(9)5-7(10)12(2)3/h10H,4-5H2,1-3H3,(H2,9,11,13). The zero-order chi connectivity index (χ0) is 11.1. The van der Waals surface area contributed by atoms with Gasteiger partial charge in [-0.15, -0.1) is 0 Å². The lowest BCUT2D eigenvalue weighted by Crippen LogP contribution is -2.27. The smallest absolute Gasteiger partial charge is 0.435 e. The van der Waals surface area contributed by atoms with Gasteiger partial charge in [0.2, 0.25) is 0 Å². The highest BCUT2D eigenvalue weighted by atomic mass is 16.5. The summed E-state index contributed by atoms with van der Waals surface area (Å²) in [6, 6.07) is 0. The zero-order valence-electron chi connectivity index (χ0n) is 8.70. The molecular formula is C8H16N4O2. The first-order chi connectivity index (χ1) is 6.47. The molecule has 0 unspecified atom stereocenters. The molecule has 14 heavy (non-hydrogen) atoms. The number of hydrogen-bond acceptors (Lipinski definition) is 3. The van der Waals surface area contributed by atoms with E-state index in [4.69, 9.17) is 11.1 Å². The topological polar surface area (TPSA) is 91.8 Å². The largest absolute Gasteiger partial charge is 0.448 e. The quantitative estimate of drug-likeness (QED) is 0.510. The molecule has 0 spiro atoms. The molecule has 6 nitrogen and oxygen atoms in total. The fraction of sp³-hybridized carbons (Fsp3) is 0.625. The number of carbonyl (C=O) groups excluding carboxylic acids is 1. The Morgan fingerprint density at radius 3 is 2.57 bits per heavy atom. The molecule has 0 aliphatic carbocycles. The van der Waals surface area contributed by atoms with Gasteiger partial charge >= 0.3 is 6.09 Å². The normalized spacial score (nSPS) is 10.9. The van der Waals surface area contributed by atoms with Gasteiger partial charge in [-0.25, -0.2) is 4.79 Å². The number of hydrogen-bond donors (Lipinski definition) is 2. The van der Waals surface area contributed by atoms with Gasteiger partial charge in [-0.05, 0) is 6.92 Å². The van der Waals surface area contributed by atoms with Crippen molar-refractivity contribution in [1.29, 1.82) is 5.41 Å². The van der Waals surface area contributed by atoms with Crippen molar-refractivity contribution >= 4 is 17.8 Å². The molecule has 0 saturated heterocycles. The van der Waals surface area contributed by atoms with Crippen LogP contribution in [0.25, 0.3) is 0 Å². The van der Waals surface area contributed by atoms with Crippen LogP contribution in [0.1, 0.15) is 13.3 Å². The second-order valence-electron chi connectivity index (χ2n) is 2.82. The van der Waals surface area contributed by atoms with Gasteiger partial charge in [-0.2, -0.15) is 4.99 Å². The molecule has 0 aliphatic rings. The maximum atomic E-state index is 10.8. The van der Waals surface area contributed by atoms with Gasteiger partial charge in [-0.3, -0.25) is 5.41 Å². The number of carbonyl (C=O) groups is 1. The minimum absolute atomic E-state index is 0.0853. The first-order valence-corrected chi connectivity index (χ1v) is 4.22. The zero-order valence-corrected chi connectivity index (χ0v) is 8.70. The van der Waals surface area contributed by atoms with Crippen LogP contribution in [0.4, 0.5) is 4.79 Å². The summed E-state index contributed by atoms with van der Waals surface area (Å²) in [5.41, 5.74) is 5.43. The van der Waals surface area contributed by atoms with Crippen molar-refractivity contribution in [2.45, 2.75) is 13.3 Å². The minimum atomic E-state index is -0.712. The van der Waals surface area contributed by atoms with Crippen LogP contribution in [0, 0.1) is 5.41 Å². The third kappa shape index (κ3) is 5.13. The number of aliphatic imine (C=N–C) groups is 1. The highest BCUT2D eigenvalue weighted by Crippen LogP contribution is 1.90. The summed E-state index contributed by atoms with van der Waals surface area (Å²) in [5.74, 6) is 0.373. The monoisotopic (exact) mass is 200 g/mol. The lowest BCUT2D eigenvalue weighted by Gasteiger charge is -2.12. The molecular weight excluding hydrogens is 184 g/mol. The van der Waals surface area contributed by atoms with E-state index >= 15 is 0 Å². The summed E-state index contributed by atoms with van der Waals surface area (Å²) in [5, 5.41) is 7.43. The van der Waals surface area contributed by atoms with E-state index in [1.807, 2.05) is 0 Å². The molecule has 0 saturated carbocycles. The molecule has 6 heteroatoms. The van der Waals surface area contributed by atoms with E-state index in [2.05, 4.69) is 9.73 Å². The van der Waals surface area contributed by atoms with Gasteiger partial charge in [0.25, 0.3) is 0 Å². The fourth-order valence-electron chi connectivity index (χ4n) is 0.642. The van der Waals surface area contributed by atoms with Crippen molar-refractivity contribution in [3.05, 3.63) is 0 Å². The van der Waals surface area contributed by atoms with E-state index in [0.717, 1.165) is 0 Å². The number of ether oxygens (including phenoxy) is 1. The second kappa shape index (κ2) is 5.95. The maximum absolute atomic E-state index is 10.8. The van der Waals surface area contributed by atoms with Gasteiger partial charge in [0.1, 0.15) is 11.7 Å². The average Bonchev–Trinajstić information content (AvgIpc) is 2.03. The molecule has 0 aliphatic heterocycles. The number of amides is 1. The van der Waals surface area contributed by atoms with E-state index in [9.17, 15) is 4.79 Å². The Hall–Kier alpha value is -1.59. The third-order valence-corrected chi connectivity index (χ3v) is 1.39. The van der Waals surface area contributed by atoms with Crippen LogP contribution in [0.2, 0.25) is 0 Å². The van der Waals surface area contributed by atoms with Crippen molar-refractivity contribution < 1.29 is 9.53 Å². The number of rotatable bonds is 3. The van der Waals surface area contributed by atoms with Gasteiger partial charge < -0.3 is 15.4 Å². The molecule has 0 aromatic rings. The number of amidine groups is 2. The minimum Gasteiger partial charge on any atom is -0.448 e. The summed E-state index contributed by atoms with van der Waals surface area (Å²) >= 11 is 0. The Labute approximate surface area is 83.2 Å². The van der Waals surface area contributed by atoms with E-state index in [1.165, 1.54) is 0 Å². The lowest BCUT2D eigenvalue weighted by atomic mass is 10.3. The molecule has 0 heterocycles. The van der Waals surface area contributed by atoms with Crippen LogP contribution in [-0.4, -0.2) is 43.4 Å². The molecule has 0 radical (unpaired) electrons. The van der Waals surface area contributed by atoms with Crippen LogP contribution < -0.4 is 5.73 Å². The number of nitrogens with zero attached hydrogens (tertiary/aromatic N) is 2. The molecule has 0 rings (SSSR count). The molecule has 0 aromatic carbocycles. The van der Waals surface area contributed by atoms with E-state index < -0.39 is 6.09 Å². The molecule has 0 atom stereocenters. The predicted octanol–water partition coefficient (Wildman–Crippen LogP) is 0.429. The number of nitrogens with one attached hydrogen (secondary N) is 1. The molecule has 0 fully saturated rings. The van der Waals surface area contributed by atoms with Crippen LogP contribution >= 0.6 is 0 Å². The molecule has 0 aromatic heterocycles. The molecule has 80 valence electrons.